The van der Waals surface area contributed by atoms with Gasteiger partial charge in [0.15, 0.2) is 11.5 Å². The van der Waals surface area contributed by atoms with Crippen molar-refractivity contribution in [3.63, 3.8) is 0 Å². The number of methoxy groups -OCH3 is 2. The van der Waals surface area contributed by atoms with Crippen molar-refractivity contribution >= 4 is 50.7 Å². The highest BCUT2D eigenvalue weighted by atomic mass is 35.5. The number of nitrogens with zero attached hydrogens (tertiary/aromatic N) is 2. The minimum atomic E-state index is -4.24. The molecule has 3 aromatic carbocycles. The summed E-state index contributed by atoms with van der Waals surface area (Å²) in [6.45, 7) is 4.71. The molecule has 3 aromatic rings. The Bertz CT molecular complexity index is 1500. The molecule has 42 heavy (non-hydrogen) atoms. The molecule has 0 spiro atoms. The van der Waals surface area contributed by atoms with E-state index in [4.69, 9.17) is 32.7 Å². The lowest BCUT2D eigenvalue weighted by Crippen LogP contribution is -2.52. The Morgan fingerprint density at radius 1 is 0.929 bits per heavy atom. The van der Waals surface area contributed by atoms with Crippen LogP contribution >= 0.6 is 23.2 Å². The maximum Gasteiger partial charge on any atom is 0.264 e. The van der Waals surface area contributed by atoms with Gasteiger partial charge in [-0.3, -0.25) is 13.9 Å². The highest BCUT2D eigenvalue weighted by molar-refractivity contribution is 7.92. The summed E-state index contributed by atoms with van der Waals surface area (Å²) >= 11 is 12.5. The van der Waals surface area contributed by atoms with Crippen molar-refractivity contribution in [2.45, 2.75) is 50.7 Å². The van der Waals surface area contributed by atoms with Crippen LogP contribution in [0.2, 0.25) is 10.0 Å². The van der Waals surface area contributed by atoms with E-state index in [-0.39, 0.29) is 34.8 Å². The Balaban J connectivity index is 2.09. The zero-order valence-corrected chi connectivity index (χ0v) is 26.5. The lowest BCUT2D eigenvalue weighted by atomic mass is 10.1. The molecule has 9 nitrogen and oxygen atoms in total. The van der Waals surface area contributed by atoms with Gasteiger partial charge >= 0.3 is 0 Å². The maximum atomic E-state index is 14.1. The molecule has 0 radical (unpaired) electrons. The Kier molecular flexibility index (Phi) is 11.5. The molecule has 0 aromatic heterocycles. The molecule has 3 rings (SSSR count). The van der Waals surface area contributed by atoms with E-state index in [1.807, 2.05) is 13.8 Å². The van der Waals surface area contributed by atoms with E-state index in [2.05, 4.69) is 5.32 Å². The molecular weight excluding hydrogens is 601 g/mol. The second-order valence-corrected chi connectivity index (χ2v) is 12.3. The molecule has 2 amide bonds. The van der Waals surface area contributed by atoms with Gasteiger partial charge in [-0.05, 0) is 62.2 Å². The molecule has 226 valence electrons. The first-order valence-corrected chi connectivity index (χ1v) is 15.5. The van der Waals surface area contributed by atoms with Crippen molar-refractivity contribution in [1.82, 2.24) is 10.2 Å². The van der Waals surface area contributed by atoms with Gasteiger partial charge in [0.1, 0.15) is 12.6 Å². The topological polar surface area (TPSA) is 105 Å². The van der Waals surface area contributed by atoms with Crippen LogP contribution in [0.25, 0.3) is 0 Å². The summed E-state index contributed by atoms with van der Waals surface area (Å²) in [5, 5.41) is 3.62. The molecule has 12 heteroatoms. The number of hydrogen-bond acceptors (Lipinski definition) is 6. The zero-order chi connectivity index (χ0) is 31.0. The van der Waals surface area contributed by atoms with E-state index in [1.165, 1.54) is 43.4 Å². The van der Waals surface area contributed by atoms with E-state index in [1.54, 1.807) is 49.4 Å². The molecule has 0 aliphatic carbocycles. The van der Waals surface area contributed by atoms with Crippen LogP contribution in [0.15, 0.2) is 71.6 Å². The second-order valence-electron chi connectivity index (χ2n) is 9.62. The predicted molar refractivity (Wildman–Crippen MR) is 165 cm³/mol. The summed E-state index contributed by atoms with van der Waals surface area (Å²) in [6, 6.07) is 16.1. The van der Waals surface area contributed by atoms with Crippen LogP contribution in [0.5, 0.6) is 11.5 Å². The number of benzene rings is 3. The lowest BCUT2D eigenvalue weighted by molar-refractivity contribution is -0.139. The molecule has 0 unspecified atom stereocenters. The van der Waals surface area contributed by atoms with Gasteiger partial charge < -0.3 is 19.7 Å². The summed E-state index contributed by atoms with van der Waals surface area (Å²) in [6.07, 6.45) is 0.692. The number of amides is 2. The summed E-state index contributed by atoms with van der Waals surface area (Å²) < 4.78 is 39.6. The van der Waals surface area contributed by atoms with E-state index in [0.29, 0.717) is 27.8 Å². The third-order valence-corrected chi connectivity index (χ3v) is 9.16. The monoisotopic (exact) mass is 635 g/mol. The third kappa shape index (κ3) is 7.87. The molecule has 1 N–H and O–H groups in total. The first-order valence-electron chi connectivity index (χ1n) is 13.3. The van der Waals surface area contributed by atoms with Crippen LogP contribution in [0.1, 0.15) is 32.8 Å². The average Bonchev–Trinajstić information content (AvgIpc) is 2.98. The standard InChI is InChI=1S/C30H35Cl2N3O6S/c1-6-20(2)33-30(37)21(3)34(18-22-12-13-23(31)16-26(22)32)29(36)19-35(42(38,39)25-10-8-7-9-11-25)24-14-15-27(40-4)28(17-24)41-5/h7-17,20-21H,6,18-19H2,1-5H3,(H,33,37)/t20-,21+/m0/s1. The quantitative estimate of drug-likeness (QED) is 0.264. The molecule has 0 fully saturated rings. The summed E-state index contributed by atoms with van der Waals surface area (Å²) in [5.74, 6) is -0.339. The van der Waals surface area contributed by atoms with Gasteiger partial charge in [-0.2, -0.15) is 0 Å². The van der Waals surface area contributed by atoms with Crippen molar-refractivity contribution in [3.05, 3.63) is 82.3 Å². The van der Waals surface area contributed by atoms with Gasteiger partial charge in [0.2, 0.25) is 11.8 Å². The predicted octanol–water partition coefficient (Wildman–Crippen LogP) is 5.54. The molecule has 0 aliphatic heterocycles. The fourth-order valence-electron chi connectivity index (χ4n) is 4.11. The maximum absolute atomic E-state index is 14.1. The number of ether oxygens (including phenoxy) is 2. The first kappa shape index (κ1) is 33.0. The molecule has 0 aliphatic rings. The van der Waals surface area contributed by atoms with E-state index >= 15 is 0 Å². The number of carbonyl (C=O) groups excluding carboxylic acids is 2. The fourth-order valence-corrected chi connectivity index (χ4v) is 6.01. The highest BCUT2D eigenvalue weighted by Crippen LogP contribution is 2.34. The number of rotatable bonds is 13. The highest BCUT2D eigenvalue weighted by Gasteiger charge is 2.33. The van der Waals surface area contributed by atoms with Crippen LogP contribution in [-0.4, -0.2) is 58.0 Å². The van der Waals surface area contributed by atoms with E-state index in [0.717, 1.165) is 4.31 Å². The number of anilines is 1. The molecule has 0 heterocycles. The van der Waals surface area contributed by atoms with Crippen molar-refractivity contribution in [2.75, 3.05) is 25.1 Å². The molecule has 0 saturated carbocycles. The largest absolute Gasteiger partial charge is 0.493 e. The zero-order valence-electron chi connectivity index (χ0n) is 24.1. The van der Waals surface area contributed by atoms with Crippen LogP contribution in [0.3, 0.4) is 0 Å². The Morgan fingerprint density at radius 2 is 1.60 bits per heavy atom. The van der Waals surface area contributed by atoms with Gasteiger partial charge in [0.25, 0.3) is 10.0 Å². The van der Waals surface area contributed by atoms with Crippen LogP contribution in [-0.2, 0) is 26.2 Å². The summed E-state index contributed by atoms with van der Waals surface area (Å²) in [7, 11) is -1.35. The smallest absolute Gasteiger partial charge is 0.264 e. The van der Waals surface area contributed by atoms with Gasteiger partial charge in [0, 0.05) is 28.7 Å². The lowest BCUT2D eigenvalue weighted by Gasteiger charge is -2.32. The molecule has 2 atom stereocenters. The minimum Gasteiger partial charge on any atom is -0.493 e. The average molecular weight is 637 g/mol. The third-order valence-electron chi connectivity index (χ3n) is 6.79. The number of halogens is 2. The van der Waals surface area contributed by atoms with Gasteiger partial charge in [-0.1, -0.05) is 54.4 Å². The molecule has 0 bridgehead atoms. The fraction of sp³-hybridized carbons (Fsp3) is 0.333. The summed E-state index contributed by atoms with van der Waals surface area (Å²) in [4.78, 5) is 28.6. The van der Waals surface area contributed by atoms with Gasteiger partial charge in [0.05, 0.1) is 24.8 Å². The normalized spacial score (nSPS) is 12.6. The van der Waals surface area contributed by atoms with Gasteiger partial charge in [-0.15, -0.1) is 0 Å². The number of sulfonamides is 1. The van der Waals surface area contributed by atoms with Crippen molar-refractivity contribution in [1.29, 1.82) is 0 Å². The Morgan fingerprint density at radius 3 is 2.19 bits per heavy atom. The van der Waals surface area contributed by atoms with Crippen LogP contribution in [0, 0.1) is 0 Å². The first-order chi connectivity index (χ1) is 19.9. The molecule has 0 saturated heterocycles. The van der Waals surface area contributed by atoms with Crippen molar-refractivity contribution < 1.29 is 27.5 Å². The Hall–Kier alpha value is -3.47. The SMILES string of the molecule is CC[C@H](C)NC(=O)[C@@H](C)N(Cc1ccc(Cl)cc1Cl)C(=O)CN(c1ccc(OC)c(OC)c1)S(=O)(=O)c1ccccc1. The van der Waals surface area contributed by atoms with E-state index < -0.39 is 28.5 Å². The van der Waals surface area contributed by atoms with Crippen molar-refractivity contribution in [2.24, 2.45) is 0 Å². The van der Waals surface area contributed by atoms with Gasteiger partial charge in [-0.25, -0.2) is 8.42 Å². The number of carbonyl (C=O) groups is 2. The van der Waals surface area contributed by atoms with E-state index in [9.17, 15) is 18.0 Å². The second kappa shape index (κ2) is 14.6. The number of nitrogens with one attached hydrogen (secondary N) is 1. The van der Waals surface area contributed by atoms with Crippen molar-refractivity contribution in [3.8, 4) is 11.5 Å². The molecular formula is C30H35Cl2N3O6S. The minimum absolute atomic E-state index is 0.0116. The number of hydrogen-bond donors (Lipinski definition) is 1. The van der Waals surface area contributed by atoms with Crippen LogP contribution < -0.4 is 19.1 Å². The summed E-state index contributed by atoms with van der Waals surface area (Å²) in [5.41, 5.74) is 0.715. The Labute approximate surface area is 257 Å². The van der Waals surface area contributed by atoms with Crippen LogP contribution in [0.4, 0.5) is 5.69 Å².